The average molecular weight is 576 g/mol. The second-order valence-electron chi connectivity index (χ2n) is 10.2. The van der Waals surface area contributed by atoms with Gasteiger partial charge >= 0.3 is 12.2 Å². The predicted octanol–water partition coefficient (Wildman–Crippen LogP) is 3.03. The normalized spacial score (nSPS) is 20.0. The zero-order valence-electron chi connectivity index (χ0n) is 22.6. The van der Waals surface area contributed by atoms with Gasteiger partial charge < -0.3 is 19.4 Å². The lowest BCUT2D eigenvalue weighted by Gasteiger charge is -2.40. The monoisotopic (exact) mass is 575 g/mol. The number of likely N-dealkylation sites (N-methyl/N-ethyl adjacent to an activating group) is 1. The Balaban J connectivity index is 1.69. The maximum Gasteiger partial charge on any atom is 0.450 e. The van der Waals surface area contributed by atoms with Gasteiger partial charge in [0.15, 0.2) is 11.3 Å². The topological polar surface area (TPSA) is 96.7 Å². The van der Waals surface area contributed by atoms with Crippen LogP contribution < -0.4 is 15.2 Å². The zero-order chi connectivity index (χ0) is 29.5. The van der Waals surface area contributed by atoms with Crippen LogP contribution in [0.2, 0.25) is 0 Å². The van der Waals surface area contributed by atoms with E-state index in [0.29, 0.717) is 0 Å². The average Bonchev–Trinajstić information content (AvgIpc) is 3.35. The lowest BCUT2D eigenvalue weighted by molar-refractivity contribution is -0.146. The third kappa shape index (κ3) is 5.47. The van der Waals surface area contributed by atoms with Gasteiger partial charge in [-0.3, -0.25) is 14.2 Å². The van der Waals surface area contributed by atoms with Gasteiger partial charge in [0.05, 0.1) is 5.69 Å². The minimum absolute atomic E-state index is 0.0359. The third-order valence-corrected chi connectivity index (χ3v) is 7.49. The van der Waals surface area contributed by atoms with Crippen LogP contribution in [0.4, 0.5) is 23.4 Å². The van der Waals surface area contributed by atoms with Gasteiger partial charge in [-0.2, -0.15) is 23.1 Å². The molecule has 0 spiro atoms. The summed E-state index contributed by atoms with van der Waals surface area (Å²) in [5, 5.41) is 0. The predicted molar refractivity (Wildman–Crippen MR) is 143 cm³/mol. The molecule has 0 radical (unpaired) electrons. The molecule has 1 amide bonds. The van der Waals surface area contributed by atoms with Crippen LogP contribution in [0.1, 0.15) is 25.6 Å². The van der Waals surface area contributed by atoms with Gasteiger partial charge in [-0.15, -0.1) is 0 Å². The number of nitrogens with zero attached hydrogens (tertiary/aromatic N) is 7. The second kappa shape index (κ2) is 11.1. The Bertz CT molecular complexity index is 1540. The van der Waals surface area contributed by atoms with Crippen LogP contribution in [0.3, 0.4) is 0 Å². The molecule has 2 atom stereocenters. The van der Waals surface area contributed by atoms with Crippen molar-refractivity contribution < 1.29 is 27.1 Å². The van der Waals surface area contributed by atoms with Gasteiger partial charge in [0.2, 0.25) is 11.7 Å². The molecule has 2 unspecified atom stereocenters. The van der Waals surface area contributed by atoms with Crippen molar-refractivity contribution in [3.05, 3.63) is 58.9 Å². The van der Waals surface area contributed by atoms with Gasteiger partial charge in [0, 0.05) is 31.7 Å². The highest BCUT2D eigenvalue weighted by Crippen LogP contribution is 2.33. The molecule has 2 aromatic heterocycles. The third-order valence-electron chi connectivity index (χ3n) is 7.49. The van der Waals surface area contributed by atoms with Crippen LogP contribution in [-0.4, -0.2) is 87.1 Å². The number of halogens is 4. The minimum Gasteiger partial charge on any atom is -0.462 e. The number of benzene rings is 1. The van der Waals surface area contributed by atoms with E-state index in [2.05, 4.69) is 26.4 Å². The molecule has 2 saturated heterocycles. The Hall–Kier alpha value is -4.07. The highest BCUT2D eigenvalue weighted by atomic mass is 19.4. The maximum absolute atomic E-state index is 14.7. The van der Waals surface area contributed by atoms with Crippen LogP contribution in [0.25, 0.3) is 16.7 Å². The number of alkyl halides is 3. The highest BCUT2D eigenvalue weighted by Gasteiger charge is 2.40. The number of likely N-dealkylation sites (tertiary alicyclic amines) is 1. The van der Waals surface area contributed by atoms with Crippen molar-refractivity contribution in [2.75, 3.05) is 44.7 Å². The summed E-state index contributed by atoms with van der Waals surface area (Å²) in [4.78, 5) is 43.7. The number of amides is 1. The summed E-state index contributed by atoms with van der Waals surface area (Å²) in [6, 6.07) is 4.09. The first-order chi connectivity index (χ1) is 19.5. The molecule has 218 valence electrons. The summed E-state index contributed by atoms with van der Waals surface area (Å²) in [5.74, 6) is -2.96. The number of hydrogen-bond acceptors (Lipinski definition) is 8. The van der Waals surface area contributed by atoms with Gasteiger partial charge in [0.1, 0.15) is 17.9 Å². The number of piperazine rings is 1. The maximum atomic E-state index is 14.7. The van der Waals surface area contributed by atoms with Crippen LogP contribution in [0.15, 0.2) is 41.7 Å². The number of carbonyl (C=O) groups is 1. The van der Waals surface area contributed by atoms with Crippen LogP contribution in [-0.2, 0) is 11.0 Å². The molecule has 5 rings (SSSR count). The molecule has 2 aliphatic heterocycles. The molecular weight excluding hydrogens is 546 g/mol. The van der Waals surface area contributed by atoms with Crippen molar-refractivity contribution in [1.29, 1.82) is 0 Å². The smallest absolute Gasteiger partial charge is 0.450 e. The summed E-state index contributed by atoms with van der Waals surface area (Å²) in [6.07, 6.45) is -2.06. The molecule has 10 nitrogen and oxygen atoms in total. The fourth-order valence-corrected chi connectivity index (χ4v) is 5.31. The van der Waals surface area contributed by atoms with Gasteiger partial charge in [0.25, 0.3) is 5.56 Å². The zero-order valence-corrected chi connectivity index (χ0v) is 22.6. The molecule has 2 aliphatic rings. The van der Waals surface area contributed by atoms with Gasteiger partial charge in [-0.1, -0.05) is 18.7 Å². The summed E-state index contributed by atoms with van der Waals surface area (Å²) in [7, 11) is 1.95. The quantitative estimate of drug-likeness (QED) is 0.327. The Labute approximate surface area is 232 Å². The number of anilines is 1. The molecule has 1 aromatic carbocycles. The summed E-state index contributed by atoms with van der Waals surface area (Å²) >= 11 is 0. The number of para-hydroxylation sites is 1. The van der Waals surface area contributed by atoms with E-state index >= 15 is 0 Å². The van der Waals surface area contributed by atoms with Crippen molar-refractivity contribution in [3.63, 3.8) is 0 Å². The van der Waals surface area contributed by atoms with Crippen molar-refractivity contribution in [3.8, 4) is 11.7 Å². The Morgan fingerprint density at radius 2 is 1.90 bits per heavy atom. The molecule has 14 heteroatoms. The lowest BCUT2D eigenvalue weighted by Crippen LogP contribution is -2.53. The molecule has 2 fully saturated rings. The van der Waals surface area contributed by atoms with Gasteiger partial charge in [-0.25, -0.2) is 9.37 Å². The largest absolute Gasteiger partial charge is 0.462 e. The first kappa shape index (κ1) is 28.5. The first-order valence-corrected chi connectivity index (χ1v) is 13.2. The first-order valence-electron chi connectivity index (χ1n) is 13.2. The lowest BCUT2D eigenvalue weighted by atomic mass is 10.1. The SMILES string of the molecule is C=CC(=O)N1CCN(c2nc(OCC3CCCN3C)nc3c(=O)n(-c4ccccc4F)c(C(F)(F)F)nc23)C(C)C1. The molecule has 0 N–H and O–H groups in total. The van der Waals surface area contributed by atoms with Gasteiger partial charge in [-0.05, 0) is 51.6 Å². The van der Waals surface area contributed by atoms with E-state index in [9.17, 15) is 27.2 Å². The fraction of sp³-hybridized carbons (Fsp3) is 0.444. The van der Waals surface area contributed by atoms with E-state index in [-0.39, 0.29) is 54.6 Å². The molecular formula is C27H29F4N7O3. The van der Waals surface area contributed by atoms with E-state index < -0.39 is 46.1 Å². The number of rotatable bonds is 6. The number of hydrogen-bond donors (Lipinski definition) is 0. The summed E-state index contributed by atoms with van der Waals surface area (Å²) < 4.78 is 63.8. The second-order valence-corrected chi connectivity index (χ2v) is 10.2. The minimum atomic E-state index is -5.12. The molecule has 41 heavy (non-hydrogen) atoms. The number of fused-ring (bicyclic) bond motifs is 1. The molecule has 0 bridgehead atoms. The van der Waals surface area contributed by atoms with Crippen molar-refractivity contribution in [2.45, 2.75) is 38.0 Å². The Morgan fingerprint density at radius 1 is 1.15 bits per heavy atom. The molecule has 0 saturated carbocycles. The molecule has 0 aliphatic carbocycles. The van der Waals surface area contributed by atoms with Crippen molar-refractivity contribution >= 4 is 22.8 Å². The fourth-order valence-electron chi connectivity index (χ4n) is 5.31. The van der Waals surface area contributed by atoms with Crippen LogP contribution in [0, 0.1) is 5.82 Å². The molecule has 3 aromatic rings. The van der Waals surface area contributed by atoms with Crippen LogP contribution in [0.5, 0.6) is 6.01 Å². The van der Waals surface area contributed by atoms with E-state index in [1.165, 1.54) is 18.2 Å². The highest BCUT2D eigenvalue weighted by molar-refractivity contribution is 5.88. The van der Waals surface area contributed by atoms with Crippen molar-refractivity contribution in [2.24, 2.45) is 0 Å². The van der Waals surface area contributed by atoms with E-state index in [4.69, 9.17) is 4.74 Å². The Morgan fingerprint density at radius 3 is 2.54 bits per heavy atom. The Kier molecular flexibility index (Phi) is 7.68. The molecule has 4 heterocycles. The van der Waals surface area contributed by atoms with Crippen molar-refractivity contribution in [1.82, 2.24) is 29.3 Å². The van der Waals surface area contributed by atoms with E-state index in [1.54, 1.807) is 16.7 Å². The number of carbonyl (C=O) groups excluding carboxylic acids is 1. The van der Waals surface area contributed by atoms with E-state index in [1.807, 2.05) is 7.05 Å². The van der Waals surface area contributed by atoms with Crippen LogP contribution >= 0.6 is 0 Å². The standard InChI is InChI=1S/C27H29F4N7O3/c1-4-20(39)36-12-13-37(16(2)14-36)23-21-22(33-26(34-23)41-15-17-8-7-11-35(17)3)24(40)38(25(32-21)27(29,30)31)19-10-6-5-9-18(19)28/h4-6,9-10,16-17H,1,7-8,11-15H2,2-3H3. The summed E-state index contributed by atoms with van der Waals surface area (Å²) in [5.41, 5.74) is -2.67. The van der Waals surface area contributed by atoms with E-state index in [0.717, 1.165) is 31.5 Å². The number of ether oxygens (including phenoxy) is 1. The number of aromatic nitrogens is 4. The summed E-state index contributed by atoms with van der Waals surface area (Å²) in [6.45, 7) is 7.03.